The van der Waals surface area contributed by atoms with Crippen LogP contribution in [0.3, 0.4) is 0 Å². The van der Waals surface area contributed by atoms with Crippen molar-refractivity contribution in [3.05, 3.63) is 83.0 Å². The van der Waals surface area contributed by atoms with Crippen LogP contribution in [0.15, 0.2) is 66.9 Å². The number of hydrogen-bond acceptors (Lipinski definition) is 4. The summed E-state index contributed by atoms with van der Waals surface area (Å²) in [6.45, 7) is 0.646. The fraction of sp³-hybridized carbons (Fsp3) is 0.100. The van der Waals surface area contributed by atoms with Crippen LogP contribution >= 0.6 is 11.6 Å². The van der Waals surface area contributed by atoms with Gasteiger partial charge in [-0.1, -0.05) is 23.7 Å². The van der Waals surface area contributed by atoms with Crippen LogP contribution in [0, 0.1) is 0 Å². The van der Waals surface area contributed by atoms with Gasteiger partial charge in [-0.05, 0) is 54.1 Å². The first-order valence-corrected chi connectivity index (χ1v) is 8.41. The lowest BCUT2D eigenvalue weighted by Crippen LogP contribution is -2.12. The highest BCUT2D eigenvalue weighted by molar-refractivity contribution is 6.30. The van der Waals surface area contributed by atoms with E-state index in [2.05, 4.69) is 15.6 Å². The summed E-state index contributed by atoms with van der Waals surface area (Å²) in [5, 5.41) is 6.64. The lowest BCUT2D eigenvalue weighted by Gasteiger charge is -2.08. The SMILES string of the molecule is COc1ccc(CNc2ccc(NC(=O)c3ccc(Cl)cc3)cn2)cc1. The molecule has 132 valence electrons. The van der Waals surface area contributed by atoms with Crippen LogP contribution in [-0.2, 0) is 6.54 Å². The van der Waals surface area contributed by atoms with Crippen LogP contribution in [0.2, 0.25) is 5.02 Å². The van der Waals surface area contributed by atoms with Gasteiger partial charge in [0.15, 0.2) is 0 Å². The fourth-order valence-corrected chi connectivity index (χ4v) is 2.44. The predicted molar refractivity (Wildman–Crippen MR) is 104 cm³/mol. The van der Waals surface area contributed by atoms with E-state index in [0.717, 1.165) is 17.1 Å². The molecule has 0 saturated carbocycles. The number of amides is 1. The third-order valence-corrected chi connectivity index (χ3v) is 4.01. The fourth-order valence-electron chi connectivity index (χ4n) is 2.31. The van der Waals surface area contributed by atoms with Gasteiger partial charge in [0.25, 0.3) is 5.91 Å². The summed E-state index contributed by atoms with van der Waals surface area (Å²) < 4.78 is 5.14. The smallest absolute Gasteiger partial charge is 0.255 e. The highest BCUT2D eigenvalue weighted by Crippen LogP contribution is 2.15. The van der Waals surface area contributed by atoms with E-state index in [0.29, 0.717) is 22.8 Å². The van der Waals surface area contributed by atoms with E-state index in [1.165, 1.54) is 0 Å². The molecule has 0 fully saturated rings. The average Bonchev–Trinajstić information content (AvgIpc) is 2.68. The average molecular weight is 368 g/mol. The molecule has 0 aliphatic heterocycles. The number of nitrogens with one attached hydrogen (secondary N) is 2. The zero-order valence-corrected chi connectivity index (χ0v) is 15.0. The van der Waals surface area contributed by atoms with Crippen LogP contribution in [-0.4, -0.2) is 18.0 Å². The third kappa shape index (κ3) is 4.74. The van der Waals surface area contributed by atoms with E-state index in [-0.39, 0.29) is 5.91 Å². The lowest BCUT2D eigenvalue weighted by atomic mass is 10.2. The van der Waals surface area contributed by atoms with Gasteiger partial charge >= 0.3 is 0 Å². The summed E-state index contributed by atoms with van der Waals surface area (Å²) in [5.41, 5.74) is 2.28. The minimum atomic E-state index is -0.206. The summed E-state index contributed by atoms with van der Waals surface area (Å²) >= 11 is 5.83. The topological polar surface area (TPSA) is 63.2 Å². The number of halogens is 1. The first kappa shape index (κ1) is 17.8. The molecule has 0 spiro atoms. The zero-order chi connectivity index (χ0) is 18.4. The van der Waals surface area contributed by atoms with Crippen molar-refractivity contribution in [3.63, 3.8) is 0 Å². The van der Waals surface area contributed by atoms with Crippen LogP contribution in [0.25, 0.3) is 0 Å². The zero-order valence-electron chi connectivity index (χ0n) is 14.2. The van der Waals surface area contributed by atoms with Gasteiger partial charge in [0, 0.05) is 17.1 Å². The van der Waals surface area contributed by atoms with E-state index in [9.17, 15) is 4.79 Å². The number of anilines is 2. The van der Waals surface area contributed by atoms with Crippen LogP contribution < -0.4 is 15.4 Å². The molecule has 6 heteroatoms. The molecular formula is C20H18ClN3O2. The Hall–Kier alpha value is -3.05. The molecule has 5 nitrogen and oxygen atoms in total. The molecule has 3 rings (SSSR count). The van der Waals surface area contributed by atoms with Gasteiger partial charge in [-0.3, -0.25) is 4.79 Å². The maximum atomic E-state index is 12.2. The highest BCUT2D eigenvalue weighted by atomic mass is 35.5. The molecule has 0 atom stereocenters. The van der Waals surface area contributed by atoms with E-state index < -0.39 is 0 Å². The van der Waals surface area contributed by atoms with E-state index in [1.807, 2.05) is 30.3 Å². The van der Waals surface area contributed by atoms with E-state index in [4.69, 9.17) is 16.3 Å². The maximum Gasteiger partial charge on any atom is 0.255 e. The molecule has 0 saturated heterocycles. The summed E-state index contributed by atoms with van der Waals surface area (Å²) in [4.78, 5) is 16.5. The second-order valence-electron chi connectivity index (χ2n) is 5.59. The van der Waals surface area contributed by atoms with Crippen LogP contribution in [0.1, 0.15) is 15.9 Å². The number of rotatable bonds is 6. The molecule has 0 radical (unpaired) electrons. The Morgan fingerprint density at radius 2 is 1.77 bits per heavy atom. The van der Waals surface area contributed by atoms with Crippen molar-refractivity contribution in [2.24, 2.45) is 0 Å². The number of pyridine rings is 1. The molecule has 0 unspecified atom stereocenters. The predicted octanol–water partition coefficient (Wildman–Crippen LogP) is 4.61. The van der Waals surface area contributed by atoms with Crippen molar-refractivity contribution in [2.75, 3.05) is 17.7 Å². The molecule has 3 aromatic rings. The number of methoxy groups -OCH3 is 1. The largest absolute Gasteiger partial charge is 0.497 e. The van der Waals surface area contributed by atoms with Gasteiger partial charge < -0.3 is 15.4 Å². The number of carbonyl (C=O) groups is 1. The number of aromatic nitrogens is 1. The quantitative estimate of drug-likeness (QED) is 0.668. The van der Waals surface area contributed by atoms with E-state index in [1.54, 1.807) is 43.6 Å². The Kier molecular flexibility index (Phi) is 5.71. The Morgan fingerprint density at radius 1 is 1.04 bits per heavy atom. The Labute approximate surface area is 157 Å². The molecule has 2 N–H and O–H groups in total. The summed E-state index contributed by atoms with van der Waals surface area (Å²) in [6, 6.07) is 18.2. The van der Waals surface area contributed by atoms with Crippen molar-refractivity contribution in [2.45, 2.75) is 6.54 Å². The molecule has 0 bridgehead atoms. The summed E-state index contributed by atoms with van der Waals surface area (Å²) in [7, 11) is 1.64. The van der Waals surface area contributed by atoms with Crippen LogP contribution in [0.5, 0.6) is 5.75 Å². The Bertz CT molecular complexity index is 863. The number of hydrogen-bond donors (Lipinski definition) is 2. The molecule has 1 heterocycles. The van der Waals surface area contributed by atoms with Crippen LogP contribution in [0.4, 0.5) is 11.5 Å². The van der Waals surface area contributed by atoms with Crippen molar-refractivity contribution in [1.29, 1.82) is 0 Å². The highest BCUT2D eigenvalue weighted by Gasteiger charge is 2.06. The van der Waals surface area contributed by atoms with Gasteiger partial charge in [-0.2, -0.15) is 0 Å². The summed E-state index contributed by atoms with van der Waals surface area (Å²) in [5.74, 6) is 1.35. The van der Waals surface area contributed by atoms with Gasteiger partial charge in [-0.25, -0.2) is 4.98 Å². The molecule has 2 aromatic carbocycles. The second-order valence-corrected chi connectivity index (χ2v) is 6.03. The third-order valence-electron chi connectivity index (χ3n) is 3.76. The number of nitrogens with zero attached hydrogens (tertiary/aromatic N) is 1. The van der Waals surface area contributed by atoms with Crippen molar-refractivity contribution in [3.8, 4) is 5.75 Å². The second kappa shape index (κ2) is 8.36. The van der Waals surface area contributed by atoms with Gasteiger partial charge in [0.2, 0.25) is 0 Å². The maximum absolute atomic E-state index is 12.2. The number of ether oxygens (including phenoxy) is 1. The molecule has 26 heavy (non-hydrogen) atoms. The molecule has 1 amide bonds. The van der Waals surface area contributed by atoms with Crippen molar-refractivity contribution in [1.82, 2.24) is 4.98 Å². The first-order valence-electron chi connectivity index (χ1n) is 8.04. The Morgan fingerprint density at radius 3 is 2.38 bits per heavy atom. The van der Waals surface area contributed by atoms with Gasteiger partial charge in [0.1, 0.15) is 11.6 Å². The normalized spacial score (nSPS) is 10.2. The monoisotopic (exact) mass is 367 g/mol. The minimum Gasteiger partial charge on any atom is -0.497 e. The molecular weight excluding hydrogens is 350 g/mol. The lowest BCUT2D eigenvalue weighted by molar-refractivity contribution is 0.102. The number of carbonyl (C=O) groups excluding carboxylic acids is 1. The van der Waals surface area contributed by atoms with Crippen molar-refractivity contribution >= 4 is 29.0 Å². The van der Waals surface area contributed by atoms with E-state index >= 15 is 0 Å². The summed E-state index contributed by atoms with van der Waals surface area (Å²) in [6.07, 6.45) is 1.62. The van der Waals surface area contributed by atoms with Crippen molar-refractivity contribution < 1.29 is 9.53 Å². The minimum absolute atomic E-state index is 0.206. The molecule has 0 aliphatic carbocycles. The number of benzene rings is 2. The Balaban J connectivity index is 1.55. The standard InChI is InChI=1S/C20H18ClN3O2/c1-26-18-9-2-14(3-10-18)12-22-19-11-8-17(13-23-19)24-20(25)15-4-6-16(21)7-5-15/h2-11,13H,12H2,1H3,(H,22,23)(H,24,25). The molecule has 1 aromatic heterocycles. The molecule has 0 aliphatic rings. The van der Waals surface area contributed by atoms with Gasteiger partial charge in [0.05, 0.1) is 19.0 Å². The first-order chi connectivity index (χ1) is 12.6. The van der Waals surface area contributed by atoms with Gasteiger partial charge in [-0.15, -0.1) is 0 Å².